The second kappa shape index (κ2) is 9.72. The highest BCUT2D eigenvalue weighted by atomic mass is 32.2. The molecule has 2 fully saturated rings. The van der Waals surface area contributed by atoms with Gasteiger partial charge in [-0.3, -0.25) is 9.18 Å². The van der Waals surface area contributed by atoms with E-state index in [0.717, 1.165) is 36.1 Å². The molecule has 8 nitrogen and oxygen atoms in total. The number of hydrogen-bond donors (Lipinski definition) is 0. The molecule has 2 aromatic rings. The van der Waals surface area contributed by atoms with E-state index in [9.17, 15) is 26.4 Å². The molecule has 1 aromatic carbocycles. The van der Waals surface area contributed by atoms with E-state index in [1.807, 2.05) is 0 Å². The maximum Gasteiger partial charge on any atom is 0.316 e. The number of piperazine rings is 1. The van der Waals surface area contributed by atoms with Crippen molar-refractivity contribution in [3.8, 4) is 11.4 Å². The fourth-order valence-corrected chi connectivity index (χ4v) is 5.29. The normalized spacial score (nSPS) is 17.7. The van der Waals surface area contributed by atoms with Gasteiger partial charge < -0.3 is 9.64 Å². The molecule has 2 heterocycles. The zero-order valence-electron chi connectivity index (χ0n) is 17.9. The minimum atomic E-state index is -3.55. The summed E-state index contributed by atoms with van der Waals surface area (Å²) in [6, 6.07) is 2.71. The number of anilines is 1. The molecule has 1 aromatic heterocycles. The second-order valence-electron chi connectivity index (χ2n) is 8.12. The number of ether oxygens (including phenoxy) is 1. The second-order valence-corrected chi connectivity index (χ2v) is 10.2. The number of hydrogen-bond acceptors (Lipinski definition) is 6. The Hall–Kier alpha value is -2.60. The van der Waals surface area contributed by atoms with E-state index in [1.165, 1.54) is 10.5 Å². The van der Waals surface area contributed by atoms with E-state index in [0.29, 0.717) is 11.8 Å². The topological polar surface area (TPSA) is 84.7 Å². The largest absolute Gasteiger partial charge is 0.483 e. The summed E-state index contributed by atoms with van der Waals surface area (Å²) in [4.78, 5) is 15.0. The molecule has 4 rings (SSSR count). The molecule has 2 aliphatic rings. The fraction of sp³-hybridized carbons (Fsp3) is 0.524. The lowest BCUT2D eigenvalue weighted by molar-refractivity contribution is 0.118. The first-order valence-corrected chi connectivity index (χ1v) is 12.4. The van der Waals surface area contributed by atoms with Crippen LogP contribution in [0, 0.1) is 11.6 Å². The van der Waals surface area contributed by atoms with Crippen molar-refractivity contribution in [1.82, 2.24) is 14.1 Å². The lowest BCUT2D eigenvalue weighted by Gasteiger charge is -2.36. The Balaban J connectivity index is 1.62. The van der Waals surface area contributed by atoms with Gasteiger partial charge in [0, 0.05) is 32.2 Å². The van der Waals surface area contributed by atoms with Gasteiger partial charge in [-0.2, -0.15) is 14.1 Å². The number of alkyl halides is 1. The first-order valence-electron chi connectivity index (χ1n) is 10.8. The third-order valence-electron chi connectivity index (χ3n) is 5.85. The van der Waals surface area contributed by atoms with Gasteiger partial charge in [-0.05, 0) is 37.8 Å². The van der Waals surface area contributed by atoms with Crippen molar-refractivity contribution in [2.24, 2.45) is 0 Å². The van der Waals surface area contributed by atoms with Crippen LogP contribution >= 0.6 is 0 Å². The lowest BCUT2D eigenvalue weighted by Crippen LogP contribution is -2.50. The molecule has 1 aliphatic carbocycles. The van der Waals surface area contributed by atoms with E-state index < -0.39 is 33.9 Å². The first-order chi connectivity index (χ1) is 15.8. The molecular weight excluding hydrogens is 461 g/mol. The lowest BCUT2D eigenvalue weighted by atomic mass is 9.96. The number of halogens is 3. The Morgan fingerprint density at radius 2 is 1.73 bits per heavy atom. The van der Waals surface area contributed by atoms with Crippen molar-refractivity contribution < 1.29 is 26.3 Å². The number of nitrogens with zero attached hydrogens (tertiary/aromatic N) is 4. The van der Waals surface area contributed by atoms with Gasteiger partial charge in [0.05, 0.1) is 30.4 Å². The van der Waals surface area contributed by atoms with E-state index in [4.69, 9.17) is 4.74 Å². The predicted molar refractivity (Wildman–Crippen MR) is 116 cm³/mol. The molecule has 0 unspecified atom stereocenters. The summed E-state index contributed by atoms with van der Waals surface area (Å²) in [5.41, 5.74) is -0.311. The van der Waals surface area contributed by atoms with Crippen LogP contribution in [0.4, 0.5) is 18.9 Å². The van der Waals surface area contributed by atoms with Gasteiger partial charge in [0.25, 0.3) is 0 Å². The third kappa shape index (κ3) is 5.16. The molecule has 180 valence electrons. The van der Waals surface area contributed by atoms with Gasteiger partial charge in [-0.1, -0.05) is 0 Å². The third-order valence-corrected chi connectivity index (χ3v) is 7.81. The van der Waals surface area contributed by atoms with Crippen LogP contribution in [0.2, 0.25) is 0 Å². The van der Waals surface area contributed by atoms with Gasteiger partial charge >= 0.3 is 5.56 Å². The van der Waals surface area contributed by atoms with Gasteiger partial charge in [-0.25, -0.2) is 17.2 Å². The summed E-state index contributed by atoms with van der Waals surface area (Å²) in [5.74, 6) is -1.90. The number of sulfonamides is 1. The molecule has 33 heavy (non-hydrogen) atoms. The molecule has 1 saturated carbocycles. The van der Waals surface area contributed by atoms with Gasteiger partial charge in [0.15, 0.2) is 0 Å². The number of aromatic nitrogens is 2. The van der Waals surface area contributed by atoms with Crippen LogP contribution in [0.3, 0.4) is 0 Å². The van der Waals surface area contributed by atoms with Crippen molar-refractivity contribution in [3.05, 3.63) is 46.4 Å². The average molecular weight is 487 g/mol. The summed E-state index contributed by atoms with van der Waals surface area (Å²) in [6.45, 7) is 0.231. The monoisotopic (exact) mass is 486 g/mol. The van der Waals surface area contributed by atoms with E-state index in [2.05, 4.69) is 5.10 Å². The summed E-state index contributed by atoms with van der Waals surface area (Å²) in [6.07, 6.45) is 3.76. The smallest absolute Gasteiger partial charge is 0.316 e. The minimum Gasteiger partial charge on any atom is -0.483 e. The minimum absolute atomic E-state index is 0.0214. The zero-order valence-corrected chi connectivity index (χ0v) is 18.7. The summed E-state index contributed by atoms with van der Waals surface area (Å²) < 4.78 is 72.7. The van der Waals surface area contributed by atoms with E-state index in [1.54, 1.807) is 4.90 Å². The molecule has 1 saturated heterocycles. The molecule has 0 atom stereocenters. The molecule has 0 amide bonds. The Kier molecular flexibility index (Phi) is 6.94. The van der Waals surface area contributed by atoms with E-state index >= 15 is 0 Å². The first kappa shape index (κ1) is 23.6. The Morgan fingerprint density at radius 3 is 2.30 bits per heavy atom. The maximum atomic E-state index is 13.7. The van der Waals surface area contributed by atoms with Gasteiger partial charge in [0.1, 0.15) is 17.3 Å². The number of rotatable bonds is 8. The van der Waals surface area contributed by atoms with Crippen LogP contribution in [0.15, 0.2) is 29.2 Å². The standard InChI is InChI=1S/C21H25F3N4O4S/c22-5-2-10-33(30,31)27-8-6-26(7-9-27)19-14-25-28(17-12-15(23)11-16(24)13-17)21(29)20(19)32-18-3-1-4-18/h11-14,18H,1-10H2. The summed E-state index contributed by atoms with van der Waals surface area (Å²) in [5, 5.41) is 4.10. The zero-order chi connectivity index (χ0) is 23.6. The Labute approximate surface area is 189 Å². The predicted octanol–water partition coefficient (Wildman–Crippen LogP) is 2.25. The molecule has 1 aliphatic heterocycles. The molecule has 0 radical (unpaired) electrons. The van der Waals surface area contributed by atoms with Gasteiger partial charge in [0.2, 0.25) is 15.8 Å². The van der Waals surface area contributed by atoms with Crippen molar-refractivity contribution in [1.29, 1.82) is 0 Å². The average Bonchev–Trinajstić information content (AvgIpc) is 2.75. The Morgan fingerprint density at radius 1 is 1.06 bits per heavy atom. The SMILES string of the molecule is O=c1c(OC2CCC2)c(N2CCN(S(=O)(=O)CCCF)CC2)cnn1-c1cc(F)cc(F)c1. The van der Waals surface area contributed by atoms with Crippen molar-refractivity contribution in [2.75, 3.05) is 43.5 Å². The quantitative estimate of drug-likeness (QED) is 0.569. The molecule has 0 bridgehead atoms. The highest BCUT2D eigenvalue weighted by Gasteiger charge is 2.30. The van der Waals surface area contributed by atoms with Crippen molar-refractivity contribution >= 4 is 15.7 Å². The molecule has 0 spiro atoms. The highest BCUT2D eigenvalue weighted by molar-refractivity contribution is 7.89. The van der Waals surface area contributed by atoms with Crippen LogP contribution in [-0.4, -0.2) is 67.2 Å². The number of benzene rings is 1. The van der Waals surface area contributed by atoms with Crippen LogP contribution in [0.25, 0.3) is 5.69 Å². The van der Waals surface area contributed by atoms with Gasteiger partial charge in [-0.15, -0.1) is 0 Å². The Bertz CT molecular complexity index is 1140. The highest BCUT2D eigenvalue weighted by Crippen LogP contribution is 2.31. The fourth-order valence-electron chi connectivity index (χ4n) is 3.84. The molecule has 12 heteroatoms. The van der Waals surface area contributed by atoms with E-state index in [-0.39, 0.29) is 55.9 Å². The van der Waals surface area contributed by atoms with Crippen LogP contribution in [0.1, 0.15) is 25.7 Å². The van der Waals surface area contributed by atoms with Crippen LogP contribution in [-0.2, 0) is 10.0 Å². The van der Waals surface area contributed by atoms with Crippen LogP contribution in [0.5, 0.6) is 5.75 Å². The summed E-state index contributed by atoms with van der Waals surface area (Å²) in [7, 11) is -3.55. The summed E-state index contributed by atoms with van der Waals surface area (Å²) >= 11 is 0. The van der Waals surface area contributed by atoms with Crippen LogP contribution < -0.4 is 15.2 Å². The molecule has 0 N–H and O–H groups in total. The van der Waals surface area contributed by atoms with Crippen molar-refractivity contribution in [3.63, 3.8) is 0 Å². The van der Waals surface area contributed by atoms with Crippen molar-refractivity contribution in [2.45, 2.75) is 31.8 Å². The molecular formula is C21H25F3N4O4S. The maximum absolute atomic E-state index is 13.7.